The molecule has 82 valence electrons. The molecule has 2 heterocycles. The van der Waals surface area contributed by atoms with Gasteiger partial charge < -0.3 is 15.8 Å². The molecule has 2 aromatic heterocycles. The summed E-state index contributed by atoms with van der Waals surface area (Å²) in [6.45, 7) is 0. The molecule has 4 N–H and O–H groups in total. The fourth-order valence-electron chi connectivity index (χ4n) is 1.53. The Balaban J connectivity index is 2.72. The molecule has 0 aliphatic carbocycles. The second kappa shape index (κ2) is 3.65. The van der Waals surface area contributed by atoms with E-state index in [0.29, 0.717) is 16.6 Å². The number of pyridine rings is 2. The van der Waals surface area contributed by atoms with E-state index in [-0.39, 0.29) is 17.8 Å². The number of anilines is 1. The minimum absolute atomic E-state index is 0.216. The summed E-state index contributed by atoms with van der Waals surface area (Å²) in [4.78, 5) is 28.3. The molecule has 0 unspecified atom stereocenters. The second-order valence-corrected chi connectivity index (χ2v) is 3.36. The lowest BCUT2D eigenvalue weighted by Crippen LogP contribution is -2.11. The fraction of sp³-hybridized carbons (Fsp3) is 0.100. The second-order valence-electron chi connectivity index (χ2n) is 3.36. The highest BCUT2D eigenvalue weighted by molar-refractivity contribution is 5.84. The topological polar surface area (TPSA) is 109 Å². The Morgan fingerprint density at radius 2 is 2.25 bits per heavy atom. The number of carboxylic acids is 1. The zero-order chi connectivity index (χ0) is 11.7. The van der Waals surface area contributed by atoms with Crippen molar-refractivity contribution in [1.29, 1.82) is 0 Å². The minimum Gasteiger partial charge on any atom is -0.481 e. The molecular weight excluding hydrogens is 210 g/mol. The number of carbonyl (C=O) groups is 1. The number of nitrogen functional groups attached to an aromatic ring is 1. The van der Waals surface area contributed by atoms with Crippen LogP contribution in [-0.4, -0.2) is 21.0 Å². The van der Waals surface area contributed by atoms with E-state index in [2.05, 4.69) is 9.97 Å². The molecule has 0 saturated heterocycles. The van der Waals surface area contributed by atoms with Crippen LogP contribution in [0.1, 0.15) is 5.56 Å². The third-order valence-corrected chi connectivity index (χ3v) is 2.15. The Morgan fingerprint density at radius 1 is 1.50 bits per heavy atom. The largest absolute Gasteiger partial charge is 0.481 e. The van der Waals surface area contributed by atoms with Gasteiger partial charge in [0.05, 0.1) is 6.42 Å². The fourth-order valence-corrected chi connectivity index (χ4v) is 1.53. The number of carboxylic acid groups (broad SMARTS) is 1. The van der Waals surface area contributed by atoms with Gasteiger partial charge in [0, 0.05) is 11.5 Å². The summed E-state index contributed by atoms with van der Waals surface area (Å²) in [5.74, 6) is -0.723. The Labute approximate surface area is 89.7 Å². The van der Waals surface area contributed by atoms with E-state index in [1.807, 2.05) is 0 Å². The lowest BCUT2D eigenvalue weighted by Gasteiger charge is -2.03. The normalized spacial score (nSPS) is 10.5. The molecule has 0 fully saturated rings. The Kier molecular flexibility index (Phi) is 2.32. The van der Waals surface area contributed by atoms with Gasteiger partial charge in [0.15, 0.2) is 0 Å². The molecule has 0 spiro atoms. The summed E-state index contributed by atoms with van der Waals surface area (Å²) in [7, 11) is 0. The summed E-state index contributed by atoms with van der Waals surface area (Å²) >= 11 is 0. The van der Waals surface area contributed by atoms with Crippen LogP contribution in [0.2, 0.25) is 0 Å². The summed E-state index contributed by atoms with van der Waals surface area (Å²) in [5, 5.41) is 9.31. The predicted molar refractivity (Wildman–Crippen MR) is 58.1 cm³/mol. The first kappa shape index (κ1) is 10.2. The first-order valence-electron chi connectivity index (χ1n) is 4.56. The predicted octanol–water partition coefficient (Wildman–Crippen LogP) is 0.132. The van der Waals surface area contributed by atoms with E-state index in [1.165, 1.54) is 6.07 Å². The van der Waals surface area contributed by atoms with Crippen LogP contribution in [0, 0.1) is 0 Å². The molecular formula is C10H9N3O3. The van der Waals surface area contributed by atoms with Crippen molar-refractivity contribution in [3.63, 3.8) is 0 Å². The zero-order valence-electron chi connectivity index (χ0n) is 8.23. The average molecular weight is 219 g/mol. The van der Waals surface area contributed by atoms with Crippen LogP contribution >= 0.6 is 0 Å². The summed E-state index contributed by atoms with van der Waals surface area (Å²) in [6, 6.07) is 4.46. The van der Waals surface area contributed by atoms with Crippen molar-refractivity contribution in [2.24, 2.45) is 0 Å². The first-order valence-corrected chi connectivity index (χ1v) is 4.56. The molecule has 0 bridgehead atoms. The molecule has 0 radical (unpaired) electrons. The Morgan fingerprint density at radius 3 is 2.94 bits per heavy atom. The van der Waals surface area contributed by atoms with Crippen molar-refractivity contribution in [3.8, 4) is 0 Å². The maximum Gasteiger partial charge on any atom is 0.307 e. The Hall–Kier alpha value is -2.37. The van der Waals surface area contributed by atoms with Gasteiger partial charge in [-0.25, -0.2) is 4.98 Å². The highest BCUT2D eigenvalue weighted by atomic mass is 16.4. The minimum atomic E-state index is -0.997. The van der Waals surface area contributed by atoms with Crippen LogP contribution in [0.4, 0.5) is 5.82 Å². The Bertz CT molecular complexity index is 618. The van der Waals surface area contributed by atoms with Crippen molar-refractivity contribution in [1.82, 2.24) is 9.97 Å². The van der Waals surface area contributed by atoms with Gasteiger partial charge in [-0.1, -0.05) is 0 Å². The van der Waals surface area contributed by atoms with Gasteiger partial charge in [-0.05, 0) is 17.7 Å². The van der Waals surface area contributed by atoms with Crippen LogP contribution in [0.3, 0.4) is 0 Å². The number of fused-ring (bicyclic) bond motifs is 1. The number of nitrogens with one attached hydrogen (secondary N) is 1. The molecule has 0 saturated carbocycles. The lowest BCUT2D eigenvalue weighted by atomic mass is 10.1. The maximum absolute atomic E-state index is 11.3. The molecule has 0 amide bonds. The third-order valence-electron chi connectivity index (χ3n) is 2.15. The SMILES string of the molecule is Nc1ccc2c(CC(=O)O)cc(=O)[nH]c2n1. The van der Waals surface area contributed by atoms with E-state index < -0.39 is 5.97 Å². The number of hydrogen-bond donors (Lipinski definition) is 3. The number of H-pyrrole nitrogens is 1. The van der Waals surface area contributed by atoms with Gasteiger partial charge in [0.25, 0.3) is 0 Å². The van der Waals surface area contributed by atoms with Crippen molar-refractivity contribution in [3.05, 3.63) is 34.1 Å². The number of nitrogens with zero attached hydrogens (tertiary/aromatic N) is 1. The molecule has 6 nitrogen and oxygen atoms in total. The van der Waals surface area contributed by atoms with Crippen LogP contribution in [-0.2, 0) is 11.2 Å². The number of aliphatic carboxylic acids is 1. The number of aromatic amines is 1. The zero-order valence-corrected chi connectivity index (χ0v) is 8.23. The highest BCUT2D eigenvalue weighted by Crippen LogP contribution is 2.15. The molecule has 0 aliphatic heterocycles. The van der Waals surface area contributed by atoms with Crippen LogP contribution in [0.5, 0.6) is 0 Å². The smallest absolute Gasteiger partial charge is 0.307 e. The molecule has 0 atom stereocenters. The van der Waals surface area contributed by atoms with E-state index in [9.17, 15) is 9.59 Å². The standard InChI is InChI=1S/C10H9N3O3/c11-7-2-1-6-5(4-9(15)16)3-8(14)13-10(6)12-7/h1-3H,4H2,(H,15,16)(H3,11,12,13,14). The summed E-state index contributed by atoms with van der Waals surface area (Å²) < 4.78 is 0. The van der Waals surface area contributed by atoms with Gasteiger partial charge >= 0.3 is 5.97 Å². The van der Waals surface area contributed by atoms with Crippen molar-refractivity contribution in [2.45, 2.75) is 6.42 Å². The van der Waals surface area contributed by atoms with Crippen LogP contribution in [0.15, 0.2) is 23.0 Å². The van der Waals surface area contributed by atoms with Gasteiger partial charge in [-0.2, -0.15) is 0 Å². The number of hydrogen-bond acceptors (Lipinski definition) is 4. The first-order chi connectivity index (χ1) is 7.56. The lowest BCUT2D eigenvalue weighted by molar-refractivity contribution is -0.136. The highest BCUT2D eigenvalue weighted by Gasteiger charge is 2.08. The molecule has 2 rings (SSSR count). The number of rotatable bonds is 2. The van der Waals surface area contributed by atoms with Gasteiger partial charge in [0.2, 0.25) is 5.56 Å². The number of aromatic nitrogens is 2. The van der Waals surface area contributed by atoms with Gasteiger partial charge in [-0.15, -0.1) is 0 Å². The third kappa shape index (κ3) is 1.85. The van der Waals surface area contributed by atoms with E-state index in [0.717, 1.165) is 0 Å². The maximum atomic E-state index is 11.3. The van der Waals surface area contributed by atoms with E-state index >= 15 is 0 Å². The van der Waals surface area contributed by atoms with Crippen LogP contribution < -0.4 is 11.3 Å². The van der Waals surface area contributed by atoms with Gasteiger partial charge in [0.1, 0.15) is 11.5 Å². The monoisotopic (exact) mass is 219 g/mol. The van der Waals surface area contributed by atoms with Crippen LogP contribution in [0.25, 0.3) is 11.0 Å². The summed E-state index contributed by atoms with van der Waals surface area (Å²) in [6.07, 6.45) is -0.216. The van der Waals surface area contributed by atoms with E-state index in [1.54, 1.807) is 12.1 Å². The van der Waals surface area contributed by atoms with Crippen molar-refractivity contribution >= 4 is 22.8 Å². The molecule has 0 aliphatic rings. The summed E-state index contributed by atoms with van der Waals surface area (Å²) in [5.41, 5.74) is 5.83. The molecule has 2 aromatic rings. The van der Waals surface area contributed by atoms with Gasteiger partial charge in [-0.3, -0.25) is 9.59 Å². The molecule has 16 heavy (non-hydrogen) atoms. The molecule has 0 aromatic carbocycles. The number of nitrogens with two attached hydrogens (primary N) is 1. The quantitative estimate of drug-likeness (QED) is 0.665. The van der Waals surface area contributed by atoms with Crippen molar-refractivity contribution in [2.75, 3.05) is 5.73 Å². The van der Waals surface area contributed by atoms with Crippen molar-refractivity contribution < 1.29 is 9.90 Å². The average Bonchev–Trinajstić information content (AvgIpc) is 2.15. The molecule has 6 heteroatoms. The van der Waals surface area contributed by atoms with E-state index in [4.69, 9.17) is 10.8 Å².